The monoisotopic (exact) mass is 300 g/mol. The van der Waals surface area contributed by atoms with Gasteiger partial charge < -0.3 is 17.4 Å². The van der Waals surface area contributed by atoms with Gasteiger partial charge in [0.15, 0.2) is 0 Å². The number of hydrogen-bond acceptors (Lipinski definition) is 6. The summed E-state index contributed by atoms with van der Waals surface area (Å²) in [4.78, 5) is 20.5. The molecule has 0 aliphatic carbocycles. The first-order chi connectivity index (χ1) is 10.1. The third-order valence-electron chi connectivity index (χ3n) is 3.31. The highest BCUT2D eigenvalue weighted by Gasteiger charge is 2.38. The number of rotatable bonds is 3. The molecule has 0 aromatic carbocycles. The molecule has 1 aliphatic heterocycles. The fraction of sp³-hybridized carbons (Fsp3) is 0.333. The van der Waals surface area contributed by atoms with Gasteiger partial charge in [0.1, 0.15) is 5.92 Å². The van der Waals surface area contributed by atoms with Crippen LogP contribution in [0.3, 0.4) is 0 Å². The Morgan fingerprint density at radius 3 is 2.90 bits per heavy atom. The van der Waals surface area contributed by atoms with Crippen molar-refractivity contribution in [3.05, 3.63) is 40.7 Å². The molecule has 0 N–H and O–H groups in total. The average molecular weight is 300 g/mol. The molecular weight excluding hydrogens is 286 g/mol. The molecule has 1 aromatic rings. The molecule has 0 spiro atoms. The Bertz CT molecular complexity index is 647. The van der Waals surface area contributed by atoms with Gasteiger partial charge in [-0.2, -0.15) is 5.26 Å². The zero-order valence-corrected chi connectivity index (χ0v) is 12.6. The lowest BCUT2D eigenvalue weighted by molar-refractivity contribution is -0.146. The van der Waals surface area contributed by atoms with Gasteiger partial charge in [0, 0.05) is 29.6 Å². The van der Waals surface area contributed by atoms with Crippen molar-refractivity contribution in [2.45, 2.75) is 19.8 Å². The molecule has 1 unspecified atom stereocenters. The fourth-order valence-electron chi connectivity index (χ4n) is 2.41. The van der Waals surface area contributed by atoms with Gasteiger partial charge in [-0.15, -0.1) is 0 Å². The normalized spacial score (nSPS) is 21.5. The number of aromatic nitrogens is 1. The van der Waals surface area contributed by atoms with E-state index >= 15 is 0 Å². The highest BCUT2D eigenvalue weighted by Crippen LogP contribution is 2.38. The van der Waals surface area contributed by atoms with Crippen molar-refractivity contribution in [3.63, 3.8) is 0 Å². The van der Waals surface area contributed by atoms with Gasteiger partial charge in [-0.1, -0.05) is 11.1 Å². The summed E-state index contributed by atoms with van der Waals surface area (Å²) in [6.45, 7) is 3.74. The maximum absolute atomic E-state index is 12.3. The fourth-order valence-corrected chi connectivity index (χ4v) is 2.72. The Morgan fingerprint density at radius 1 is 1.57 bits per heavy atom. The third-order valence-corrected chi connectivity index (χ3v) is 3.62. The minimum atomic E-state index is -0.643. The molecule has 21 heavy (non-hydrogen) atoms. The summed E-state index contributed by atoms with van der Waals surface area (Å²) in [5.74, 6) is -1.54. The molecule has 1 aliphatic rings. The number of esters is 1. The summed E-state index contributed by atoms with van der Waals surface area (Å²) in [6, 6.07) is 5.67. The second kappa shape index (κ2) is 6.46. The molecule has 2 heterocycles. The maximum atomic E-state index is 12.3. The summed E-state index contributed by atoms with van der Waals surface area (Å²) < 4.78 is 5.13. The van der Waals surface area contributed by atoms with Crippen LogP contribution in [-0.2, 0) is 22.2 Å². The van der Waals surface area contributed by atoms with E-state index in [-0.39, 0.29) is 11.6 Å². The minimum Gasteiger partial charge on any atom is -0.759 e. The topological polar surface area (TPSA) is 75.3 Å². The van der Waals surface area contributed by atoms with Crippen molar-refractivity contribution >= 4 is 24.3 Å². The van der Waals surface area contributed by atoms with Crippen LogP contribution in [0.2, 0.25) is 0 Å². The molecule has 2 atom stereocenters. The number of hydrogen-bond donors (Lipinski definition) is 0. The van der Waals surface area contributed by atoms with Crippen LogP contribution in [0.1, 0.15) is 25.3 Å². The number of pyridine rings is 1. The quantitative estimate of drug-likeness (QED) is 0.631. The van der Waals surface area contributed by atoms with Crippen LogP contribution in [0, 0.1) is 17.2 Å². The molecule has 0 saturated carbocycles. The van der Waals surface area contributed by atoms with Crippen LogP contribution in [-0.4, -0.2) is 23.3 Å². The first-order valence-electron chi connectivity index (χ1n) is 6.53. The van der Waals surface area contributed by atoms with Crippen LogP contribution in [0.15, 0.2) is 40.1 Å². The van der Waals surface area contributed by atoms with E-state index in [0.717, 1.165) is 5.56 Å². The van der Waals surface area contributed by atoms with Crippen molar-refractivity contribution in [2.75, 3.05) is 6.61 Å². The second-order valence-electron chi connectivity index (χ2n) is 4.58. The number of nitrogens with zero attached hydrogens (tertiary/aromatic N) is 3. The van der Waals surface area contributed by atoms with E-state index in [9.17, 15) is 10.1 Å². The van der Waals surface area contributed by atoms with E-state index in [0.29, 0.717) is 11.3 Å². The Kier molecular flexibility index (Phi) is 4.66. The number of allylic oxidation sites excluding steroid dienone is 1. The number of ether oxygens (including phenoxy) is 1. The standard InChI is InChI=1S/C15H15N3O2S/c1-3-20-15(19)12-9(2)18-14(21)11(7-16)13(12)10-5-4-6-17-8-10/h4-6,8,12-13,21H,3H2,1-2H3/p-1/t12?,13-/m1/s1. The third kappa shape index (κ3) is 2.93. The SMILES string of the molecule is CCOC(=O)C1C(C)=NC([S-])=C(C#N)[C@H]1c1cccnc1. The molecule has 0 radical (unpaired) electrons. The lowest BCUT2D eigenvalue weighted by Gasteiger charge is -2.32. The molecule has 0 bridgehead atoms. The highest BCUT2D eigenvalue weighted by atomic mass is 32.1. The van der Waals surface area contributed by atoms with Gasteiger partial charge in [0.2, 0.25) is 0 Å². The molecule has 0 amide bonds. The molecule has 0 fully saturated rings. The van der Waals surface area contributed by atoms with Gasteiger partial charge in [-0.25, -0.2) is 0 Å². The summed E-state index contributed by atoms with van der Waals surface area (Å²) in [6.07, 6.45) is 3.27. The number of carbonyl (C=O) groups is 1. The molecule has 5 nitrogen and oxygen atoms in total. The van der Waals surface area contributed by atoms with Crippen molar-refractivity contribution in [3.8, 4) is 6.07 Å². The molecule has 6 heteroatoms. The van der Waals surface area contributed by atoms with Crippen LogP contribution < -0.4 is 0 Å². The molecular formula is C15H14N3O2S-. The van der Waals surface area contributed by atoms with Crippen molar-refractivity contribution in [2.24, 2.45) is 10.9 Å². The zero-order valence-electron chi connectivity index (χ0n) is 11.7. The van der Waals surface area contributed by atoms with Gasteiger partial charge in [0.25, 0.3) is 0 Å². The van der Waals surface area contributed by atoms with Gasteiger partial charge in [0.05, 0.1) is 12.7 Å². The predicted molar refractivity (Wildman–Crippen MR) is 80.2 cm³/mol. The molecule has 1 aromatic heterocycles. The highest BCUT2D eigenvalue weighted by molar-refractivity contribution is 7.63. The molecule has 0 saturated heterocycles. The number of carbonyl (C=O) groups excluding carboxylic acids is 1. The smallest absolute Gasteiger partial charge is 0.315 e. The van der Waals surface area contributed by atoms with E-state index in [2.05, 4.69) is 16.0 Å². The summed E-state index contributed by atoms with van der Waals surface area (Å²) in [5, 5.41) is 9.62. The van der Waals surface area contributed by atoms with E-state index in [1.54, 1.807) is 32.3 Å². The predicted octanol–water partition coefficient (Wildman–Crippen LogP) is 2.10. The van der Waals surface area contributed by atoms with E-state index < -0.39 is 17.8 Å². The summed E-state index contributed by atoms with van der Waals surface area (Å²) >= 11 is 5.16. The van der Waals surface area contributed by atoms with Gasteiger partial charge >= 0.3 is 5.97 Å². The van der Waals surface area contributed by atoms with Crippen LogP contribution >= 0.6 is 0 Å². The average Bonchev–Trinajstić information content (AvgIpc) is 2.47. The van der Waals surface area contributed by atoms with E-state index in [1.165, 1.54) is 0 Å². The first kappa shape index (κ1) is 15.1. The van der Waals surface area contributed by atoms with Crippen LogP contribution in [0.5, 0.6) is 0 Å². The summed E-state index contributed by atoms with van der Waals surface area (Å²) in [5.41, 5.74) is 1.62. The number of nitriles is 1. The lowest BCUT2D eigenvalue weighted by atomic mass is 9.78. The van der Waals surface area contributed by atoms with Crippen LogP contribution in [0.4, 0.5) is 0 Å². The van der Waals surface area contributed by atoms with E-state index in [1.807, 2.05) is 6.07 Å². The van der Waals surface area contributed by atoms with Crippen molar-refractivity contribution in [1.29, 1.82) is 5.26 Å². The Morgan fingerprint density at radius 2 is 2.33 bits per heavy atom. The van der Waals surface area contributed by atoms with Gasteiger partial charge in [-0.05, 0) is 25.5 Å². The molecule has 2 rings (SSSR count). The van der Waals surface area contributed by atoms with Crippen molar-refractivity contribution < 1.29 is 9.53 Å². The van der Waals surface area contributed by atoms with E-state index in [4.69, 9.17) is 17.4 Å². The minimum absolute atomic E-state index is 0.226. The number of aliphatic imine (C=N–C) groups is 1. The summed E-state index contributed by atoms with van der Waals surface area (Å²) in [7, 11) is 0. The Hall–Kier alpha value is -2.26. The Labute approximate surface area is 128 Å². The zero-order chi connectivity index (χ0) is 15.4. The van der Waals surface area contributed by atoms with Crippen LogP contribution in [0.25, 0.3) is 0 Å². The van der Waals surface area contributed by atoms with Crippen molar-refractivity contribution in [1.82, 2.24) is 4.98 Å². The van der Waals surface area contributed by atoms with Gasteiger partial charge in [-0.3, -0.25) is 14.8 Å². The Balaban J connectivity index is 2.55. The maximum Gasteiger partial charge on any atom is 0.315 e. The molecule has 108 valence electrons. The lowest BCUT2D eigenvalue weighted by Crippen LogP contribution is -2.34. The second-order valence-corrected chi connectivity index (χ2v) is 4.96. The first-order valence-corrected chi connectivity index (χ1v) is 6.94. The largest absolute Gasteiger partial charge is 0.759 e.